The maximum absolute atomic E-state index is 12.0. The molecule has 0 atom stereocenters. The van der Waals surface area contributed by atoms with Gasteiger partial charge in [-0.2, -0.15) is 0 Å². The van der Waals surface area contributed by atoms with Gasteiger partial charge in [0.2, 0.25) is 11.6 Å². The molecule has 0 saturated carbocycles. The van der Waals surface area contributed by atoms with Gasteiger partial charge in [0.1, 0.15) is 12.0 Å². The van der Waals surface area contributed by atoms with E-state index in [0.717, 1.165) is 6.33 Å². The first-order chi connectivity index (χ1) is 13.1. The van der Waals surface area contributed by atoms with Gasteiger partial charge in [0.05, 0.1) is 15.6 Å². The van der Waals surface area contributed by atoms with Crippen molar-refractivity contribution < 1.29 is 9.72 Å². The predicted octanol–water partition coefficient (Wildman–Crippen LogP) is 2.93. The summed E-state index contributed by atoms with van der Waals surface area (Å²) in [5, 5.41) is 14.7. The lowest BCUT2D eigenvalue weighted by molar-refractivity contribution is -0.383. The first kappa shape index (κ1) is 18.0. The molecule has 11 heteroatoms. The Morgan fingerprint density at radius 1 is 1.04 bits per heavy atom. The average Bonchev–Trinajstić information content (AvgIpc) is 2.68. The highest BCUT2D eigenvalue weighted by molar-refractivity contribution is 6.33. The van der Waals surface area contributed by atoms with Gasteiger partial charge in [-0.25, -0.2) is 9.97 Å². The van der Waals surface area contributed by atoms with E-state index in [0.29, 0.717) is 10.7 Å². The van der Waals surface area contributed by atoms with Crippen LogP contribution in [0.2, 0.25) is 5.02 Å². The Labute approximate surface area is 157 Å². The summed E-state index contributed by atoms with van der Waals surface area (Å²) >= 11 is 6.06. The summed E-state index contributed by atoms with van der Waals surface area (Å²) < 4.78 is 0. The number of anilines is 3. The molecule has 0 saturated heterocycles. The second-order valence-electron chi connectivity index (χ2n) is 5.08. The van der Waals surface area contributed by atoms with Crippen LogP contribution >= 0.6 is 11.6 Å². The molecule has 0 bridgehead atoms. The third kappa shape index (κ3) is 4.25. The molecule has 1 amide bonds. The highest BCUT2D eigenvalue weighted by atomic mass is 35.5. The summed E-state index contributed by atoms with van der Waals surface area (Å²) in [7, 11) is 0. The Morgan fingerprint density at radius 2 is 1.78 bits per heavy atom. The maximum Gasteiger partial charge on any atom is 0.355 e. The van der Waals surface area contributed by atoms with E-state index in [1.165, 1.54) is 12.3 Å². The number of nitrogens with one attached hydrogen (secondary N) is 3. The molecule has 3 N–H and O–H groups in total. The van der Waals surface area contributed by atoms with Crippen molar-refractivity contribution in [2.24, 2.45) is 0 Å². The number of rotatable bonds is 6. The van der Waals surface area contributed by atoms with Crippen LogP contribution in [-0.2, 0) is 0 Å². The number of carbonyl (C=O) groups is 1. The van der Waals surface area contributed by atoms with Crippen molar-refractivity contribution in [2.75, 3.05) is 10.7 Å². The molecule has 0 aliphatic carbocycles. The van der Waals surface area contributed by atoms with Crippen molar-refractivity contribution in [1.82, 2.24) is 20.4 Å². The number of pyridine rings is 1. The van der Waals surface area contributed by atoms with E-state index in [1.807, 2.05) is 0 Å². The van der Waals surface area contributed by atoms with Crippen molar-refractivity contribution in [3.05, 3.63) is 75.8 Å². The topological polar surface area (TPSA) is 135 Å². The van der Waals surface area contributed by atoms with Gasteiger partial charge in [-0.1, -0.05) is 29.8 Å². The molecule has 0 aliphatic rings. The van der Waals surface area contributed by atoms with Crippen molar-refractivity contribution in [3.63, 3.8) is 0 Å². The van der Waals surface area contributed by atoms with Crippen LogP contribution in [0.1, 0.15) is 10.5 Å². The maximum atomic E-state index is 12.0. The first-order valence-corrected chi connectivity index (χ1v) is 7.92. The van der Waals surface area contributed by atoms with Crippen LogP contribution in [0.5, 0.6) is 0 Å². The first-order valence-electron chi connectivity index (χ1n) is 7.54. The standard InChI is InChI=1S/C16H12ClN7O3/c17-10-5-1-2-6-11(10)21-14-13(24(26)27)15(20-9-19-14)22-23-16(25)12-7-3-4-8-18-12/h1-9H,(H,23,25)(H2,19,20,21,22). The Morgan fingerprint density at radius 3 is 2.48 bits per heavy atom. The van der Waals surface area contributed by atoms with Gasteiger partial charge >= 0.3 is 5.69 Å². The molecular weight excluding hydrogens is 374 g/mol. The molecule has 0 spiro atoms. The number of amides is 1. The van der Waals surface area contributed by atoms with Gasteiger partial charge in [-0.05, 0) is 24.3 Å². The summed E-state index contributed by atoms with van der Waals surface area (Å²) in [6.45, 7) is 0. The predicted molar refractivity (Wildman–Crippen MR) is 98.7 cm³/mol. The largest absolute Gasteiger partial charge is 0.355 e. The van der Waals surface area contributed by atoms with Gasteiger partial charge in [0.15, 0.2) is 0 Å². The van der Waals surface area contributed by atoms with E-state index in [1.54, 1.807) is 36.4 Å². The van der Waals surface area contributed by atoms with Gasteiger partial charge in [-0.15, -0.1) is 0 Å². The fraction of sp³-hybridized carbons (Fsp3) is 0. The molecule has 2 aromatic heterocycles. The Kier molecular flexibility index (Phi) is 5.38. The van der Waals surface area contributed by atoms with E-state index in [4.69, 9.17) is 11.6 Å². The van der Waals surface area contributed by atoms with Crippen LogP contribution < -0.4 is 16.2 Å². The van der Waals surface area contributed by atoms with E-state index >= 15 is 0 Å². The molecule has 2 heterocycles. The number of benzene rings is 1. The number of hydrogen-bond donors (Lipinski definition) is 3. The van der Waals surface area contributed by atoms with Crippen LogP contribution in [0, 0.1) is 10.1 Å². The summed E-state index contributed by atoms with van der Waals surface area (Å²) in [5.74, 6) is -0.865. The lowest BCUT2D eigenvalue weighted by Gasteiger charge is -2.11. The third-order valence-electron chi connectivity index (χ3n) is 3.32. The Bertz CT molecular complexity index is 985. The van der Waals surface area contributed by atoms with E-state index in [9.17, 15) is 14.9 Å². The summed E-state index contributed by atoms with van der Waals surface area (Å²) in [6.07, 6.45) is 2.56. The van der Waals surface area contributed by atoms with Gasteiger partial charge in [-0.3, -0.25) is 30.7 Å². The summed E-state index contributed by atoms with van der Waals surface area (Å²) in [5.41, 5.74) is 4.85. The number of hydrogen-bond acceptors (Lipinski definition) is 8. The zero-order chi connectivity index (χ0) is 19.2. The minimum absolute atomic E-state index is 0.0855. The molecule has 0 fully saturated rings. The number of hydrazine groups is 1. The number of aromatic nitrogens is 3. The normalized spacial score (nSPS) is 10.1. The van der Waals surface area contributed by atoms with Crippen LogP contribution in [0.25, 0.3) is 0 Å². The highest BCUT2D eigenvalue weighted by Crippen LogP contribution is 2.32. The molecule has 27 heavy (non-hydrogen) atoms. The van der Waals surface area contributed by atoms with Crippen molar-refractivity contribution in [1.29, 1.82) is 0 Å². The number of nitrogens with zero attached hydrogens (tertiary/aromatic N) is 4. The zero-order valence-corrected chi connectivity index (χ0v) is 14.3. The Hall–Kier alpha value is -3.79. The minimum Gasteiger partial charge on any atom is -0.333 e. The van der Waals surface area contributed by atoms with Crippen LogP contribution in [0.15, 0.2) is 55.0 Å². The second kappa shape index (κ2) is 8.06. The van der Waals surface area contributed by atoms with Crippen molar-refractivity contribution in [3.8, 4) is 0 Å². The molecule has 1 aromatic carbocycles. The molecule has 0 aliphatic heterocycles. The molecule has 3 rings (SSSR count). The SMILES string of the molecule is O=C(NNc1ncnc(Nc2ccccc2Cl)c1[N+](=O)[O-])c1ccccn1. The molecule has 136 valence electrons. The smallest absolute Gasteiger partial charge is 0.333 e. The van der Waals surface area contributed by atoms with Gasteiger partial charge in [0, 0.05) is 6.20 Å². The van der Waals surface area contributed by atoms with Gasteiger partial charge in [0.25, 0.3) is 5.91 Å². The molecule has 3 aromatic rings. The average molecular weight is 386 g/mol. The molecule has 0 radical (unpaired) electrons. The quantitative estimate of drug-likeness (QED) is 0.435. The summed E-state index contributed by atoms with van der Waals surface area (Å²) in [6, 6.07) is 11.5. The van der Waals surface area contributed by atoms with Crippen LogP contribution in [0.3, 0.4) is 0 Å². The zero-order valence-electron chi connectivity index (χ0n) is 13.6. The minimum atomic E-state index is -0.672. The number of carbonyl (C=O) groups excluding carboxylic acids is 1. The molecular formula is C16H12ClN7O3. The van der Waals surface area contributed by atoms with Crippen molar-refractivity contribution in [2.45, 2.75) is 0 Å². The monoisotopic (exact) mass is 385 g/mol. The highest BCUT2D eigenvalue weighted by Gasteiger charge is 2.24. The van der Waals surface area contributed by atoms with E-state index < -0.39 is 16.5 Å². The van der Waals surface area contributed by atoms with E-state index in [-0.39, 0.29) is 17.3 Å². The fourth-order valence-electron chi connectivity index (χ4n) is 2.10. The van der Waals surface area contributed by atoms with E-state index in [2.05, 4.69) is 31.1 Å². The van der Waals surface area contributed by atoms with Crippen molar-refractivity contribution >= 4 is 40.5 Å². The van der Waals surface area contributed by atoms with Gasteiger partial charge < -0.3 is 5.32 Å². The van der Waals surface area contributed by atoms with Crippen LogP contribution in [0.4, 0.5) is 23.0 Å². The number of para-hydroxylation sites is 1. The lowest BCUT2D eigenvalue weighted by Crippen LogP contribution is -2.31. The Balaban J connectivity index is 1.84. The third-order valence-corrected chi connectivity index (χ3v) is 3.65. The molecule has 10 nitrogen and oxygen atoms in total. The lowest BCUT2D eigenvalue weighted by atomic mass is 10.3. The summed E-state index contributed by atoms with van der Waals surface area (Å²) in [4.78, 5) is 34.5. The molecule has 0 unspecified atom stereocenters. The second-order valence-corrected chi connectivity index (χ2v) is 5.48. The number of halogens is 1. The fourth-order valence-corrected chi connectivity index (χ4v) is 2.28. The van der Waals surface area contributed by atoms with Crippen LogP contribution in [-0.4, -0.2) is 25.8 Å². The number of nitro groups is 1.